The minimum Gasteiger partial charge on any atom is -0.444 e. The van der Waals surface area contributed by atoms with Gasteiger partial charge in [-0.15, -0.1) is 0 Å². The van der Waals surface area contributed by atoms with Gasteiger partial charge < -0.3 is 14.8 Å². The van der Waals surface area contributed by atoms with Crippen LogP contribution in [-0.4, -0.2) is 35.5 Å². The average molecular weight is 261 g/mol. The molecule has 100 valence electrons. The number of alkyl carbamates (subject to hydrolysis) is 1. The molecule has 5 heteroatoms. The van der Waals surface area contributed by atoms with Crippen LogP contribution in [0.1, 0.15) is 34.6 Å². The Hall–Kier alpha value is -0.710. The van der Waals surface area contributed by atoms with Gasteiger partial charge >= 0.3 is 6.09 Å². The summed E-state index contributed by atoms with van der Waals surface area (Å²) in [7, 11) is 0. The van der Waals surface area contributed by atoms with Crippen molar-refractivity contribution in [3.8, 4) is 0 Å². The molecule has 0 aromatic carbocycles. The molecule has 0 rings (SSSR count). The van der Waals surface area contributed by atoms with Crippen LogP contribution in [0, 0.1) is 5.92 Å². The summed E-state index contributed by atoms with van der Waals surface area (Å²) in [5.74, 6) is 2.13. The van der Waals surface area contributed by atoms with Crippen molar-refractivity contribution in [3.05, 3.63) is 0 Å². The van der Waals surface area contributed by atoms with Gasteiger partial charge in [-0.3, -0.25) is 0 Å². The maximum Gasteiger partial charge on any atom is 0.408 e. The number of amides is 1. The molecule has 0 fully saturated rings. The maximum absolute atomic E-state index is 11.4. The fourth-order valence-electron chi connectivity index (χ4n) is 1.00. The summed E-state index contributed by atoms with van der Waals surface area (Å²) >= 11 is 1.65. The summed E-state index contributed by atoms with van der Waals surface area (Å²) in [6.07, 6.45) is 0.205. The van der Waals surface area contributed by atoms with Gasteiger partial charge in [-0.25, -0.2) is 4.79 Å². The molecule has 0 aromatic rings. The van der Waals surface area contributed by atoms with E-state index >= 15 is 0 Å². The lowest BCUT2D eigenvalue weighted by Gasteiger charge is -2.21. The van der Waals surface area contributed by atoms with E-state index in [1.165, 1.54) is 0 Å². The van der Waals surface area contributed by atoms with Gasteiger partial charge in [0.2, 0.25) is 0 Å². The van der Waals surface area contributed by atoms with Crippen LogP contribution in [-0.2, 0) is 9.53 Å². The van der Waals surface area contributed by atoms with Crippen molar-refractivity contribution in [3.63, 3.8) is 0 Å². The van der Waals surface area contributed by atoms with Crippen molar-refractivity contribution in [2.24, 2.45) is 5.92 Å². The van der Waals surface area contributed by atoms with Crippen molar-refractivity contribution in [1.29, 1.82) is 0 Å². The highest BCUT2D eigenvalue weighted by atomic mass is 32.2. The molecule has 0 aliphatic heterocycles. The minimum atomic E-state index is -0.542. The summed E-state index contributed by atoms with van der Waals surface area (Å²) in [5.41, 5.74) is -0.539. The Morgan fingerprint density at radius 3 is 2.35 bits per heavy atom. The highest BCUT2D eigenvalue weighted by Gasteiger charge is 2.19. The number of carbonyl (C=O) groups is 2. The zero-order valence-electron chi connectivity index (χ0n) is 11.3. The van der Waals surface area contributed by atoms with Gasteiger partial charge in [0, 0.05) is 5.75 Å². The van der Waals surface area contributed by atoms with E-state index in [9.17, 15) is 9.59 Å². The zero-order chi connectivity index (χ0) is 13.5. The molecule has 1 atom stereocenters. The Labute approximate surface area is 108 Å². The third-order valence-corrected chi connectivity index (χ3v) is 3.11. The van der Waals surface area contributed by atoms with Gasteiger partial charge in [0.25, 0.3) is 0 Å². The average Bonchev–Trinajstić information content (AvgIpc) is 2.12. The fraction of sp³-hybridized carbons (Fsp3) is 0.833. The van der Waals surface area contributed by atoms with Crippen molar-refractivity contribution in [1.82, 2.24) is 5.32 Å². The molecule has 0 saturated heterocycles. The summed E-state index contributed by atoms with van der Waals surface area (Å²) in [5, 5.41) is 2.55. The molecule has 0 bridgehead atoms. The van der Waals surface area contributed by atoms with E-state index in [0.717, 1.165) is 12.0 Å². The predicted molar refractivity (Wildman–Crippen MR) is 71.4 cm³/mol. The smallest absolute Gasteiger partial charge is 0.408 e. The Bertz CT molecular complexity index is 249. The van der Waals surface area contributed by atoms with Gasteiger partial charge in [0.05, 0.1) is 6.04 Å². The quantitative estimate of drug-likeness (QED) is 0.746. The number of thioether (sulfide) groups is 1. The second-order valence-electron chi connectivity index (χ2n) is 5.32. The normalized spacial score (nSPS) is 13.3. The fourth-order valence-corrected chi connectivity index (χ4v) is 2.03. The van der Waals surface area contributed by atoms with Crippen molar-refractivity contribution < 1.29 is 14.3 Å². The molecule has 0 aliphatic carbocycles. The van der Waals surface area contributed by atoms with Crippen LogP contribution in [0.15, 0.2) is 0 Å². The molecule has 0 spiro atoms. The lowest BCUT2D eigenvalue weighted by atomic mass is 10.2. The Balaban J connectivity index is 3.96. The molecule has 1 amide bonds. The third-order valence-electron chi connectivity index (χ3n) is 1.61. The molecule has 4 nitrogen and oxygen atoms in total. The molecule has 1 N–H and O–H groups in total. The molecule has 17 heavy (non-hydrogen) atoms. The van der Waals surface area contributed by atoms with E-state index in [0.29, 0.717) is 11.7 Å². The summed E-state index contributed by atoms with van der Waals surface area (Å²) in [6.45, 7) is 9.59. The van der Waals surface area contributed by atoms with Crippen molar-refractivity contribution in [2.45, 2.75) is 46.3 Å². The van der Waals surface area contributed by atoms with Crippen LogP contribution < -0.4 is 5.32 Å². The Morgan fingerprint density at radius 2 is 1.94 bits per heavy atom. The first-order valence-corrected chi connectivity index (χ1v) is 6.92. The SMILES string of the molecule is CC(C)CSC[C@H](C=O)NC(=O)OC(C)(C)C. The maximum atomic E-state index is 11.4. The first kappa shape index (κ1) is 16.3. The molecule has 0 unspecified atom stereocenters. The van der Waals surface area contributed by atoms with Crippen LogP contribution >= 0.6 is 11.8 Å². The standard InChI is InChI=1S/C12H23NO3S/c1-9(2)7-17-8-10(6-14)13-11(15)16-12(3,4)5/h6,9-10H,7-8H2,1-5H3,(H,13,15)/t10-/m0/s1. The minimum absolute atomic E-state index is 0.478. The van der Waals surface area contributed by atoms with Gasteiger partial charge in [-0.1, -0.05) is 13.8 Å². The van der Waals surface area contributed by atoms with Crippen molar-refractivity contribution in [2.75, 3.05) is 11.5 Å². The third kappa shape index (κ3) is 10.2. The molecular formula is C12H23NO3S. The van der Waals surface area contributed by atoms with E-state index < -0.39 is 17.7 Å². The lowest BCUT2D eigenvalue weighted by Crippen LogP contribution is -2.41. The number of nitrogens with one attached hydrogen (secondary N) is 1. The van der Waals surface area contributed by atoms with Gasteiger partial charge in [0.1, 0.15) is 11.9 Å². The zero-order valence-corrected chi connectivity index (χ0v) is 12.1. The van der Waals surface area contributed by atoms with E-state index in [-0.39, 0.29) is 0 Å². The molecule has 0 saturated carbocycles. The van der Waals surface area contributed by atoms with Crippen LogP contribution in [0.3, 0.4) is 0 Å². The van der Waals surface area contributed by atoms with E-state index in [1.807, 2.05) is 0 Å². The molecular weight excluding hydrogens is 238 g/mol. The van der Waals surface area contributed by atoms with Crippen LogP contribution in [0.2, 0.25) is 0 Å². The van der Waals surface area contributed by atoms with Gasteiger partial charge in [0.15, 0.2) is 0 Å². The van der Waals surface area contributed by atoms with Crippen LogP contribution in [0.5, 0.6) is 0 Å². The number of hydrogen-bond acceptors (Lipinski definition) is 4. The van der Waals surface area contributed by atoms with E-state index in [4.69, 9.17) is 4.74 Å². The number of carbonyl (C=O) groups excluding carboxylic acids is 2. The molecule has 0 heterocycles. The second kappa shape index (κ2) is 7.58. The summed E-state index contributed by atoms with van der Waals surface area (Å²) in [6, 6.07) is -0.478. The Kier molecular flexibility index (Phi) is 7.27. The highest BCUT2D eigenvalue weighted by Crippen LogP contribution is 2.10. The highest BCUT2D eigenvalue weighted by molar-refractivity contribution is 7.99. The predicted octanol–water partition coefficient (Wildman–Crippen LogP) is 2.47. The Morgan fingerprint density at radius 1 is 1.35 bits per heavy atom. The first-order valence-electron chi connectivity index (χ1n) is 5.77. The molecule has 0 aliphatic rings. The van der Waals surface area contributed by atoms with E-state index in [2.05, 4.69) is 19.2 Å². The molecule has 0 radical (unpaired) electrons. The number of ether oxygens (including phenoxy) is 1. The van der Waals surface area contributed by atoms with Crippen molar-refractivity contribution >= 4 is 24.1 Å². The topological polar surface area (TPSA) is 55.4 Å². The summed E-state index contributed by atoms with van der Waals surface area (Å²) < 4.78 is 5.08. The first-order chi connectivity index (χ1) is 7.74. The van der Waals surface area contributed by atoms with E-state index in [1.54, 1.807) is 32.5 Å². The number of aldehydes is 1. The largest absolute Gasteiger partial charge is 0.444 e. The number of rotatable bonds is 6. The van der Waals surface area contributed by atoms with Gasteiger partial charge in [-0.2, -0.15) is 11.8 Å². The summed E-state index contributed by atoms with van der Waals surface area (Å²) in [4.78, 5) is 22.2. The van der Waals surface area contributed by atoms with Crippen LogP contribution in [0.25, 0.3) is 0 Å². The monoisotopic (exact) mass is 261 g/mol. The van der Waals surface area contributed by atoms with Crippen LogP contribution in [0.4, 0.5) is 4.79 Å². The van der Waals surface area contributed by atoms with Gasteiger partial charge in [-0.05, 0) is 32.4 Å². The lowest BCUT2D eigenvalue weighted by molar-refractivity contribution is -0.109. The number of hydrogen-bond donors (Lipinski definition) is 1. The second-order valence-corrected chi connectivity index (χ2v) is 6.40. The molecule has 0 aromatic heterocycles.